The van der Waals surface area contributed by atoms with E-state index in [4.69, 9.17) is 5.11 Å². The molecule has 66 valence electrons. The van der Waals surface area contributed by atoms with E-state index < -0.39 is 6.09 Å². The van der Waals surface area contributed by atoms with Crippen LogP contribution in [-0.4, -0.2) is 47.6 Å². The van der Waals surface area contributed by atoms with Gasteiger partial charge in [0.05, 0.1) is 18.4 Å². The molecule has 5 nitrogen and oxygen atoms in total. The lowest BCUT2D eigenvalue weighted by Crippen LogP contribution is -2.50. The van der Waals surface area contributed by atoms with Gasteiger partial charge in [-0.1, -0.05) is 0 Å². The van der Waals surface area contributed by atoms with Crippen LogP contribution in [0.3, 0.4) is 0 Å². The number of hydrogen-bond acceptors (Lipinski definition) is 3. The first-order chi connectivity index (χ1) is 5.77. The molecule has 0 spiro atoms. The number of amides is 1. The van der Waals surface area contributed by atoms with Gasteiger partial charge in [0.25, 0.3) is 0 Å². The highest BCUT2D eigenvalue weighted by Gasteiger charge is 2.32. The fourth-order valence-corrected chi connectivity index (χ4v) is 1.69. The van der Waals surface area contributed by atoms with Crippen molar-refractivity contribution in [3.05, 3.63) is 0 Å². The number of carboxylic acid groups (broad SMARTS) is 1. The highest BCUT2D eigenvalue weighted by Crippen LogP contribution is 2.16. The fraction of sp³-hybridized carbons (Fsp3) is 0.714. The maximum absolute atomic E-state index is 10.6. The van der Waals surface area contributed by atoms with E-state index in [1.165, 1.54) is 4.90 Å². The first-order valence-electron chi connectivity index (χ1n) is 4.03. The first kappa shape index (κ1) is 7.39. The zero-order valence-electron chi connectivity index (χ0n) is 6.60. The third-order valence-corrected chi connectivity index (χ3v) is 2.40. The van der Waals surface area contributed by atoms with Crippen LogP contribution in [0.15, 0.2) is 4.99 Å². The summed E-state index contributed by atoms with van der Waals surface area (Å²) in [6.07, 6.45) is 1.68. The van der Waals surface area contributed by atoms with E-state index in [-0.39, 0.29) is 6.04 Å². The molecule has 0 bridgehead atoms. The molecule has 2 heterocycles. The van der Waals surface area contributed by atoms with Crippen molar-refractivity contribution in [2.75, 3.05) is 13.1 Å². The fourth-order valence-electron chi connectivity index (χ4n) is 1.69. The summed E-state index contributed by atoms with van der Waals surface area (Å²) in [5.74, 6) is 0. The van der Waals surface area contributed by atoms with Crippen molar-refractivity contribution < 1.29 is 9.90 Å². The van der Waals surface area contributed by atoms with Crippen molar-refractivity contribution in [3.63, 3.8) is 0 Å². The van der Waals surface area contributed by atoms with E-state index in [0.717, 1.165) is 6.42 Å². The molecule has 12 heavy (non-hydrogen) atoms. The van der Waals surface area contributed by atoms with Gasteiger partial charge in [-0.2, -0.15) is 0 Å². The molecule has 1 amide bonds. The topological polar surface area (TPSA) is 64.9 Å². The minimum atomic E-state index is -0.831. The predicted molar refractivity (Wildman–Crippen MR) is 43.4 cm³/mol. The van der Waals surface area contributed by atoms with Crippen LogP contribution in [0.4, 0.5) is 4.79 Å². The summed E-state index contributed by atoms with van der Waals surface area (Å²) >= 11 is 0. The van der Waals surface area contributed by atoms with Gasteiger partial charge in [-0.3, -0.25) is 4.99 Å². The van der Waals surface area contributed by atoms with Crippen LogP contribution in [0.1, 0.15) is 6.42 Å². The van der Waals surface area contributed by atoms with E-state index in [1.807, 2.05) is 0 Å². The Morgan fingerprint density at radius 1 is 1.75 bits per heavy atom. The first-order valence-corrected chi connectivity index (χ1v) is 4.03. The Kier molecular flexibility index (Phi) is 1.64. The second kappa shape index (κ2) is 2.66. The van der Waals surface area contributed by atoms with Crippen molar-refractivity contribution in [3.8, 4) is 0 Å². The van der Waals surface area contributed by atoms with Gasteiger partial charge in [-0.15, -0.1) is 0 Å². The second-order valence-electron chi connectivity index (χ2n) is 3.14. The van der Waals surface area contributed by atoms with Gasteiger partial charge in [0, 0.05) is 13.1 Å². The average Bonchev–Trinajstić information content (AvgIpc) is 2.49. The lowest BCUT2D eigenvalue weighted by Gasteiger charge is -2.31. The lowest BCUT2D eigenvalue weighted by molar-refractivity contribution is 0.126. The molecule has 0 saturated carbocycles. The average molecular weight is 169 g/mol. The molecule has 0 aromatic heterocycles. The van der Waals surface area contributed by atoms with Crippen molar-refractivity contribution in [2.24, 2.45) is 4.99 Å². The quantitative estimate of drug-likeness (QED) is 0.525. The molecular formula is C7H11N3O2. The smallest absolute Gasteiger partial charge is 0.407 e. The Morgan fingerprint density at radius 2 is 2.58 bits per heavy atom. The van der Waals surface area contributed by atoms with E-state index in [9.17, 15) is 4.79 Å². The van der Waals surface area contributed by atoms with Crippen LogP contribution < -0.4 is 5.32 Å². The van der Waals surface area contributed by atoms with Crippen LogP contribution in [0.5, 0.6) is 0 Å². The van der Waals surface area contributed by atoms with Crippen molar-refractivity contribution >= 4 is 12.4 Å². The molecule has 2 atom stereocenters. The molecular weight excluding hydrogens is 158 g/mol. The number of rotatable bonds is 0. The number of hydrogen-bond donors (Lipinski definition) is 2. The number of nitrogens with one attached hydrogen (secondary N) is 1. The summed E-state index contributed by atoms with van der Waals surface area (Å²) in [5, 5.41) is 11.8. The summed E-state index contributed by atoms with van der Waals surface area (Å²) in [4.78, 5) is 16.2. The number of piperidine rings is 1. The molecule has 2 aliphatic rings. The zero-order chi connectivity index (χ0) is 8.55. The Hall–Kier alpha value is -1.26. The standard InChI is InChI=1S/C7H11N3O2/c11-7(12)10-2-1-5-6(3-10)9-4-8-5/h4-6H,1-3H2,(H,8,9)(H,11,12). The summed E-state index contributed by atoms with van der Waals surface area (Å²) in [6, 6.07) is 0.496. The lowest BCUT2D eigenvalue weighted by atomic mass is 10.0. The summed E-state index contributed by atoms with van der Waals surface area (Å²) < 4.78 is 0. The third-order valence-electron chi connectivity index (χ3n) is 2.40. The highest BCUT2D eigenvalue weighted by molar-refractivity contribution is 5.66. The Bertz CT molecular complexity index is 229. The van der Waals surface area contributed by atoms with Crippen LogP contribution in [0.2, 0.25) is 0 Å². The summed E-state index contributed by atoms with van der Waals surface area (Å²) in [7, 11) is 0. The molecule has 1 fully saturated rings. The van der Waals surface area contributed by atoms with Gasteiger partial charge in [0.15, 0.2) is 0 Å². The molecule has 0 aromatic carbocycles. The van der Waals surface area contributed by atoms with E-state index in [1.54, 1.807) is 6.34 Å². The Labute approximate surface area is 70.1 Å². The van der Waals surface area contributed by atoms with Gasteiger partial charge in [-0.05, 0) is 6.42 Å². The Balaban J connectivity index is 1.99. The maximum Gasteiger partial charge on any atom is 0.407 e. The van der Waals surface area contributed by atoms with Gasteiger partial charge < -0.3 is 15.3 Å². The van der Waals surface area contributed by atoms with Crippen LogP contribution in [0, 0.1) is 0 Å². The minimum absolute atomic E-state index is 0.204. The molecule has 2 rings (SSSR count). The minimum Gasteiger partial charge on any atom is -0.465 e. The second-order valence-corrected chi connectivity index (χ2v) is 3.14. The number of fused-ring (bicyclic) bond motifs is 1. The molecule has 5 heteroatoms. The normalized spacial score (nSPS) is 32.8. The van der Waals surface area contributed by atoms with Gasteiger partial charge >= 0.3 is 6.09 Å². The van der Waals surface area contributed by atoms with Gasteiger partial charge in [0.1, 0.15) is 0 Å². The van der Waals surface area contributed by atoms with Gasteiger partial charge in [-0.25, -0.2) is 4.79 Å². The molecule has 0 radical (unpaired) electrons. The number of aliphatic imine (C=N–C) groups is 1. The van der Waals surface area contributed by atoms with E-state index in [2.05, 4.69) is 10.3 Å². The number of nitrogens with zero attached hydrogens (tertiary/aromatic N) is 2. The monoisotopic (exact) mass is 169 g/mol. The Morgan fingerprint density at radius 3 is 3.33 bits per heavy atom. The largest absolute Gasteiger partial charge is 0.465 e. The number of likely N-dealkylation sites (tertiary alicyclic amines) is 1. The number of carbonyl (C=O) groups is 1. The third kappa shape index (κ3) is 1.11. The highest BCUT2D eigenvalue weighted by atomic mass is 16.4. The molecule has 2 N–H and O–H groups in total. The van der Waals surface area contributed by atoms with Crippen LogP contribution in [-0.2, 0) is 0 Å². The van der Waals surface area contributed by atoms with E-state index in [0.29, 0.717) is 19.1 Å². The molecule has 1 saturated heterocycles. The van der Waals surface area contributed by atoms with Gasteiger partial charge in [0.2, 0.25) is 0 Å². The van der Waals surface area contributed by atoms with Crippen molar-refractivity contribution in [1.82, 2.24) is 10.2 Å². The summed E-state index contributed by atoms with van der Waals surface area (Å²) in [6.45, 7) is 1.16. The summed E-state index contributed by atoms with van der Waals surface area (Å²) in [5.41, 5.74) is 0. The molecule has 0 aliphatic carbocycles. The van der Waals surface area contributed by atoms with Crippen molar-refractivity contribution in [2.45, 2.75) is 18.5 Å². The predicted octanol–water partition coefficient (Wildman–Crippen LogP) is -0.261. The molecule has 2 unspecified atom stereocenters. The van der Waals surface area contributed by atoms with Crippen molar-refractivity contribution in [1.29, 1.82) is 0 Å². The molecule has 0 aromatic rings. The maximum atomic E-state index is 10.6. The van der Waals surface area contributed by atoms with Crippen LogP contribution >= 0.6 is 0 Å². The zero-order valence-corrected chi connectivity index (χ0v) is 6.60. The van der Waals surface area contributed by atoms with E-state index >= 15 is 0 Å². The SMILES string of the molecule is O=C(O)N1CCC2N=CNC2C1. The van der Waals surface area contributed by atoms with Crippen LogP contribution in [0.25, 0.3) is 0 Å². The molecule has 2 aliphatic heterocycles.